The molecule has 2 nitrogen and oxygen atoms in total. The predicted octanol–water partition coefficient (Wildman–Crippen LogP) is 2.94. The molecule has 1 unspecified atom stereocenters. The van der Waals surface area contributed by atoms with Gasteiger partial charge in [-0.25, -0.2) is 8.78 Å². The summed E-state index contributed by atoms with van der Waals surface area (Å²) in [5, 5.41) is 4.53. The molecule has 1 saturated carbocycles. The van der Waals surface area contributed by atoms with Crippen molar-refractivity contribution in [3.63, 3.8) is 0 Å². The zero-order valence-electron chi connectivity index (χ0n) is 9.83. The highest BCUT2D eigenvalue weighted by atomic mass is 32.2. The molecular formula is C13H14F2N2S. The Morgan fingerprint density at radius 3 is 2.94 bits per heavy atom. The van der Waals surface area contributed by atoms with Gasteiger partial charge in [-0.15, -0.1) is 0 Å². The van der Waals surface area contributed by atoms with Crippen LogP contribution in [0.15, 0.2) is 23.2 Å². The van der Waals surface area contributed by atoms with E-state index in [4.69, 9.17) is 0 Å². The second-order valence-corrected chi connectivity index (χ2v) is 5.96. The lowest BCUT2D eigenvalue weighted by Crippen LogP contribution is -2.20. The number of hydrogen-bond donors (Lipinski definition) is 1. The highest BCUT2D eigenvalue weighted by molar-refractivity contribution is 8.14. The Morgan fingerprint density at radius 2 is 2.17 bits per heavy atom. The Labute approximate surface area is 109 Å². The number of amidine groups is 1. The zero-order valence-corrected chi connectivity index (χ0v) is 10.6. The minimum absolute atomic E-state index is 0.285. The molecule has 1 aliphatic heterocycles. The zero-order chi connectivity index (χ0) is 12.5. The van der Waals surface area contributed by atoms with E-state index in [1.54, 1.807) is 11.8 Å². The minimum atomic E-state index is -0.412. The van der Waals surface area contributed by atoms with Crippen molar-refractivity contribution >= 4 is 16.9 Å². The molecule has 2 aliphatic rings. The van der Waals surface area contributed by atoms with E-state index in [9.17, 15) is 8.78 Å². The molecule has 1 aromatic rings. The topological polar surface area (TPSA) is 24.4 Å². The van der Waals surface area contributed by atoms with Gasteiger partial charge in [-0.2, -0.15) is 0 Å². The monoisotopic (exact) mass is 268 g/mol. The van der Waals surface area contributed by atoms with Gasteiger partial charge in [0.05, 0.1) is 6.54 Å². The third-order valence-corrected chi connectivity index (χ3v) is 4.60. The van der Waals surface area contributed by atoms with E-state index in [0.29, 0.717) is 10.8 Å². The van der Waals surface area contributed by atoms with Gasteiger partial charge in [0.25, 0.3) is 0 Å². The van der Waals surface area contributed by atoms with E-state index in [0.717, 1.165) is 29.8 Å². The number of benzene rings is 1. The van der Waals surface area contributed by atoms with Gasteiger partial charge >= 0.3 is 0 Å². The number of halogens is 2. The summed E-state index contributed by atoms with van der Waals surface area (Å²) in [7, 11) is 0. The summed E-state index contributed by atoms with van der Waals surface area (Å²) in [5.41, 5.74) is 0.341. The average molecular weight is 268 g/mol. The smallest absolute Gasteiger partial charge is 0.157 e. The van der Waals surface area contributed by atoms with Gasteiger partial charge in [0, 0.05) is 17.4 Å². The Hall–Kier alpha value is -1.10. The molecule has 1 fully saturated rings. The largest absolute Gasteiger partial charge is 0.361 e. The maximum absolute atomic E-state index is 13.4. The molecule has 3 rings (SSSR count). The number of thioether (sulfide) groups is 1. The average Bonchev–Trinajstić information content (AvgIpc) is 3.10. The second-order valence-electron chi connectivity index (χ2n) is 4.73. The molecule has 5 heteroatoms. The van der Waals surface area contributed by atoms with Crippen molar-refractivity contribution in [2.24, 2.45) is 10.9 Å². The SMILES string of the molecule is Fc1ccc(F)c(CNC2=NCC(C3CC3)S2)c1. The molecule has 1 N–H and O–H groups in total. The molecule has 0 amide bonds. The van der Waals surface area contributed by atoms with Crippen LogP contribution >= 0.6 is 11.8 Å². The molecule has 0 spiro atoms. The van der Waals surface area contributed by atoms with Crippen LogP contribution in [0.4, 0.5) is 8.78 Å². The summed E-state index contributed by atoms with van der Waals surface area (Å²) in [4.78, 5) is 4.40. The molecule has 0 radical (unpaired) electrons. The van der Waals surface area contributed by atoms with Gasteiger partial charge in [-0.3, -0.25) is 4.99 Å². The highest BCUT2D eigenvalue weighted by Crippen LogP contribution is 2.41. The summed E-state index contributed by atoms with van der Waals surface area (Å²) in [6.07, 6.45) is 2.61. The van der Waals surface area contributed by atoms with Crippen LogP contribution < -0.4 is 5.32 Å². The Balaban J connectivity index is 1.56. The van der Waals surface area contributed by atoms with Crippen LogP contribution in [0.1, 0.15) is 18.4 Å². The van der Waals surface area contributed by atoms with Crippen LogP contribution in [0.5, 0.6) is 0 Å². The van der Waals surface area contributed by atoms with Crippen LogP contribution in [0, 0.1) is 17.6 Å². The Bertz CT molecular complexity index is 486. The lowest BCUT2D eigenvalue weighted by atomic mass is 10.2. The van der Waals surface area contributed by atoms with E-state index in [-0.39, 0.29) is 12.4 Å². The number of hydrogen-bond acceptors (Lipinski definition) is 3. The fraction of sp³-hybridized carbons (Fsp3) is 0.462. The first-order valence-electron chi connectivity index (χ1n) is 6.11. The normalized spacial score (nSPS) is 23.0. The Kier molecular flexibility index (Phi) is 3.24. The van der Waals surface area contributed by atoms with Gasteiger partial charge in [-0.05, 0) is 37.0 Å². The summed E-state index contributed by atoms with van der Waals surface area (Å²) in [5.74, 6) is 0.0141. The van der Waals surface area contributed by atoms with Gasteiger partial charge in [0.2, 0.25) is 0 Å². The van der Waals surface area contributed by atoms with E-state index < -0.39 is 5.82 Å². The van der Waals surface area contributed by atoms with E-state index in [1.165, 1.54) is 18.9 Å². The van der Waals surface area contributed by atoms with Crippen molar-refractivity contribution in [3.8, 4) is 0 Å². The van der Waals surface area contributed by atoms with Crippen molar-refractivity contribution in [3.05, 3.63) is 35.4 Å². The minimum Gasteiger partial charge on any atom is -0.361 e. The van der Waals surface area contributed by atoms with E-state index in [2.05, 4.69) is 10.3 Å². The molecule has 18 heavy (non-hydrogen) atoms. The summed E-state index contributed by atoms with van der Waals surface area (Å²) in [6, 6.07) is 3.51. The molecule has 0 saturated heterocycles. The van der Waals surface area contributed by atoms with Gasteiger partial charge in [0.15, 0.2) is 5.17 Å². The number of rotatable bonds is 3. The molecule has 96 valence electrons. The fourth-order valence-electron chi connectivity index (χ4n) is 2.05. The van der Waals surface area contributed by atoms with Crippen molar-refractivity contribution in [1.82, 2.24) is 5.32 Å². The first-order chi connectivity index (χ1) is 8.72. The van der Waals surface area contributed by atoms with Crippen LogP contribution in [-0.2, 0) is 6.54 Å². The molecule has 1 heterocycles. The maximum Gasteiger partial charge on any atom is 0.157 e. The van der Waals surface area contributed by atoms with Gasteiger partial charge in [0.1, 0.15) is 11.6 Å². The number of aliphatic imine (C=N–C) groups is 1. The van der Waals surface area contributed by atoms with Crippen molar-refractivity contribution in [2.75, 3.05) is 6.54 Å². The van der Waals surface area contributed by atoms with Gasteiger partial charge in [-0.1, -0.05) is 11.8 Å². The van der Waals surface area contributed by atoms with Crippen molar-refractivity contribution in [1.29, 1.82) is 0 Å². The van der Waals surface area contributed by atoms with E-state index >= 15 is 0 Å². The summed E-state index contributed by atoms with van der Waals surface area (Å²) >= 11 is 1.73. The summed E-state index contributed by atoms with van der Waals surface area (Å²) < 4.78 is 26.4. The van der Waals surface area contributed by atoms with Crippen LogP contribution in [0.3, 0.4) is 0 Å². The molecule has 0 bridgehead atoms. The van der Waals surface area contributed by atoms with Crippen LogP contribution in [0.2, 0.25) is 0 Å². The second kappa shape index (κ2) is 4.88. The molecule has 1 atom stereocenters. The lowest BCUT2D eigenvalue weighted by molar-refractivity contribution is 0.582. The molecule has 1 aliphatic carbocycles. The molecule has 0 aromatic heterocycles. The third-order valence-electron chi connectivity index (χ3n) is 3.26. The molecule has 1 aromatic carbocycles. The van der Waals surface area contributed by atoms with Crippen molar-refractivity contribution in [2.45, 2.75) is 24.6 Å². The third kappa shape index (κ3) is 2.66. The molecular weight excluding hydrogens is 254 g/mol. The lowest BCUT2D eigenvalue weighted by Gasteiger charge is -2.08. The maximum atomic E-state index is 13.4. The predicted molar refractivity (Wildman–Crippen MR) is 69.6 cm³/mol. The number of nitrogens with zero attached hydrogens (tertiary/aromatic N) is 1. The quantitative estimate of drug-likeness (QED) is 0.911. The number of nitrogens with one attached hydrogen (secondary N) is 1. The standard InChI is InChI=1S/C13H14F2N2S/c14-10-3-4-11(15)9(5-10)6-16-13-17-7-12(18-13)8-1-2-8/h3-5,8,12H,1-2,6-7H2,(H,16,17). The van der Waals surface area contributed by atoms with Crippen molar-refractivity contribution < 1.29 is 8.78 Å². The summed E-state index contributed by atoms with van der Waals surface area (Å²) in [6.45, 7) is 1.14. The first kappa shape index (κ1) is 12.0. The fourth-order valence-corrected chi connectivity index (χ4v) is 3.26. The van der Waals surface area contributed by atoms with Crippen LogP contribution in [0.25, 0.3) is 0 Å². The first-order valence-corrected chi connectivity index (χ1v) is 6.99. The Morgan fingerprint density at radius 1 is 1.33 bits per heavy atom. The van der Waals surface area contributed by atoms with Crippen LogP contribution in [-0.4, -0.2) is 17.0 Å². The highest BCUT2D eigenvalue weighted by Gasteiger charge is 2.35. The van der Waals surface area contributed by atoms with E-state index in [1.807, 2.05) is 0 Å². The van der Waals surface area contributed by atoms with Gasteiger partial charge < -0.3 is 5.32 Å².